The molecule has 0 fully saturated rings. The van der Waals surface area contributed by atoms with Gasteiger partial charge in [-0.3, -0.25) is 0 Å². The number of hydrogen-bond donors (Lipinski definition) is 1. The molecule has 8 heteroatoms. The molecule has 1 heterocycles. The third kappa shape index (κ3) is 2.72. The molecule has 0 aliphatic carbocycles. The van der Waals surface area contributed by atoms with E-state index in [2.05, 4.69) is 0 Å². The molecule has 1 aliphatic heterocycles. The van der Waals surface area contributed by atoms with E-state index < -0.39 is 22.8 Å². The van der Waals surface area contributed by atoms with E-state index in [1.807, 2.05) is 6.92 Å². The number of benzene rings is 1. The normalized spacial score (nSPS) is 20.7. The summed E-state index contributed by atoms with van der Waals surface area (Å²) in [7, 11) is 0. The van der Waals surface area contributed by atoms with E-state index in [1.165, 1.54) is 18.2 Å². The Morgan fingerprint density at radius 3 is 2.68 bits per heavy atom. The number of halogens is 4. The van der Waals surface area contributed by atoms with Crippen LogP contribution in [0.25, 0.3) is 6.08 Å². The molecule has 4 nitrogen and oxygen atoms in total. The summed E-state index contributed by atoms with van der Waals surface area (Å²) in [6.07, 6.45) is -3.63. The number of fused-ring (bicyclic) bond motifs is 1. The predicted octanol–water partition coefficient (Wildman–Crippen LogP) is 3.83. The van der Waals surface area contributed by atoms with Crippen molar-refractivity contribution in [3.63, 3.8) is 0 Å². The Morgan fingerprint density at radius 2 is 2.14 bits per heavy atom. The van der Waals surface area contributed by atoms with Gasteiger partial charge in [0.1, 0.15) is 5.57 Å². The lowest BCUT2D eigenvalue weighted by atomic mass is 10.0. The lowest BCUT2D eigenvalue weighted by Crippen LogP contribution is -2.50. The molecule has 120 valence electrons. The van der Waals surface area contributed by atoms with Crippen molar-refractivity contribution >= 4 is 23.6 Å². The van der Waals surface area contributed by atoms with Gasteiger partial charge in [-0.1, -0.05) is 30.7 Å². The van der Waals surface area contributed by atoms with Gasteiger partial charge in [-0.15, -0.1) is 0 Å². The van der Waals surface area contributed by atoms with Crippen molar-refractivity contribution in [2.24, 2.45) is 0 Å². The number of aliphatic carboxylic acids is 1. The SMILES string of the molecule is CCCOc1cccc2c1OC(Cl)(C(F)(F)F)C(C(=O)O)=C2. The van der Waals surface area contributed by atoms with E-state index in [4.69, 9.17) is 26.2 Å². The summed E-state index contributed by atoms with van der Waals surface area (Å²) in [5.74, 6) is -1.96. The summed E-state index contributed by atoms with van der Waals surface area (Å²) in [5.41, 5.74) is -0.937. The van der Waals surface area contributed by atoms with Gasteiger partial charge in [0.25, 0.3) is 0 Å². The van der Waals surface area contributed by atoms with Crippen molar-refractivity contribution in [1.29, 1.82) is 0 Å². The fourth-order valence-electron chi connectivity index (χ4n) is 1.94. The summed E-state index contributed by atoms with van der Waals surface area (Å²) in [6.45, 7) is 2.11. The molecule has 1 N–H and O–H groups in total. The molecule has 1 atom stereocenters. The average molecular weight is 337 g/mol. The zero-order valence-electron chi connectivity index (χ0n) is 11.4. The first-order valence-electron chi connectivity index (χ1n) is 6.36. The van der Waals surface area contributed by atoms with Gasteiger partial charge in [0, 0.05) is 5.56 Å². The van der Waals surface area contributed by atoms with Crippen LogP contribution < -0.4 is 9.47 Å². The van der Waals surface area contributed by atoms with Crippen molar-refractivity contribution in [1.82, 2.24) is 0 Å². The molecule has 0 amide bonds. The maximum Gasteiger partial charge on any atom is 0.448 e. The van der Waals surface area contributed by atoms with Crippen LogP contribution in [0.15, 0.2) is 23.8 Å². The van der Waals surface area contributed by atoms with Gasteiger partial charge in [0.05, 0.1) is 6.61 Å². The number of rotatable bonds is 4. The number of ether oxygens (including phenoxy) is 2. The van der Waals surface area contributed by atoms with Crippen molar-refractivity contribution in [3.8, 4) is 11.5 Å². The third-order valence-corrected chi connectivity index (χ3v) is 3.45. The van der Waals surface area contributed by atoms with Gasteiger partial charge in [-0.05, 0) is 18.6 Å². The highest BCUT2D eigenvalue weighted by atomic mass is 35.5. The molecular formula is C14H12ClF3O4. The van der Waals surface area contributed by atoms with Crippen LogP contribution in [0, 0.1) is 0 Å². The summed E-state index contributed by atoms with van der Waals surface area (Å²) in [6, 6.07) is 4.38. The van der Waals surface area contributed by atoms with Gasteiger partial charge in [-0.25, -0.2) is 4.79 Å². The van der Waals surface area contributed by atoms with E-state index in [1.54, 1.807) is 0 Å². The first-order valence-corrected chi connectivity index (χ1v) is 6.74. The molecule has 1 aliphatic rings. The van der Waals surface area contributed by atoms with E-state index in [-0.39, 0.29) is 23.7 Å². The van der Waals surface area contributed by atoms with Crippen LogP contribution in [0.1, 0.15) is 18.9 Å². The zero-order chi connectivity index (χ0) is 16.5. The Hall–Kier alpha value is -1.89. The molecular weight excluding hydrogens is 325 g/mol. The van der Waals surface area contributed by atoms with E-state index in [9.17, 15) is 18.0 Å². The Labute approximate surface area is 129 Å². The van der Waals surface area contributed by atoms with Gasteiger partial charge in [0.2, 0.25) is 0 Å². The highest BCUT2D eigenvalue weighted by Crippen LogP contribution is 2.50. The first-order chi connectivity index (χ1) is 10.2. The third-order valence-electron chi connectivity index (χ3n) is 2.96. The quantitative estimate of drug-likeness (QED) is 0.849. The molecule has 0 radical (unpaired) electrons. The Bertz CT molecular complexity index is 627. The summed E-state index contributed by atoms with van der Waals surface area (Å²) in [4.78, 5) is 11.1. The molecule has 22 heavy (non-hydrogen) atoms. The largest absolute Gasteiger partial charge is 0.490 e. The van der Waals surface area contributed by atoms with Crippen molar-refractivity contribution in [3.05, 3.63) is 29.3 Å². The topological polar surface area (TPSA) is 55.8 Å². The van der Waals surface area contributed by atoms with E-state index >= 15 is 0 Å². The predicted molar refractivity (Wildman–Crippen MR) is 73.1 cm³/mol. The smallest absolute Gasteiger partial charge is 0.448 e. The Balaban J connectivity index is 2.58. The average Bonchev–Trinajstić information content (AvgIpc) is 2.43. The van der Waals surface area contributed by atoms with Gasteiger partial charge >= 0.3 is 17.2 Å². The molecule has 1 unspecified atom stereocenters. The standard InChI is InChI=1S/C14H12ClF3O4/c1-2-6-21-10-5-3-4-8-7-9(12(19)20)13(15,14(16,17)18)22-11(8)10/h3-5,7H,2,6H2,1H3,(H,19,20). The molecule has 0 bridgehead atoms. The van der Waals surface area contributed by atoms with E-state index in [0.717, 1.165) is 6.08 Å². The number of carboxylic acid groups (broad SMARTS) is 1. The second-order valence-electron chi connectivity index (χ2n) is 4.58. The number of carboxylic acids is 1. The monoisotopic (exact) mass is 336 g/mol. The van der Waals surface area contributed by atoms with Crippen LogP contribution in [0.2, 0.25) is 0 Å². The molecule has 0 spiro atoms. The lowest BCUT2D eigenvalue weighted by Gasteiger charge is -2.34. The zero-order valence-corrected chi connectivity index (χ0v) is 12.2. The van der Waals surface area contributed by atoms with Crippen LogP contribution in [0.4, 0.5) is 13.2 Å². The molecule has 1 aromatic carbocycles. The maximum atomic E-state index is 13.2. The molecule has 0 aromatic heterocycles. The fourth-order valence-corrected chi connectivity index (χ4v) is 2.15. The minimum atomic E-state index is -5.12. The molecule has 0 saturated heterocycles. The minimum absolute atomic E-state index is 0.0781. The summed E-state index contributed by atoms with van der Waals surface area (Å²) in [5, 5.41) is 5.55. The second-order valence-corrected chi connectivity index (χ2v) is 5.11. The molecule has 2 rings (SSSR count). The van der Waals surface area contributed by atoms with Crippen molar-refractivity contribution in [2.75, 3.05) is 6.61 Å². The highest BCUT2D eigenvalue weighted by Gasteiger charge is 2.62. The lowest BCUT2D eigenvalue weighted by molar-refractivity contribution is -0.204. The summed E-state index contributed by atoms with van der Waals surface area (Å²) < 4.78 is 49.8. The van der Waals surface area contributed by atoms with Gasteiger partial charge in [0.15, 0.2) is 11.5 Å². The first kappa shape index (κ1) is 16.5. The van der Waals surface area contributed by atoms with Crippen molar-refractivity contribution < 1.29 is 32.5 Å². The van der Waals surface area contributed by atoms with Crippen LogP contribution in [-0.4, -0.2) is 28.9 Å². The molecule has 0 saturated carbocycles. The minimum Gasteiger partial charge on any atom is -0.490 e. The number of alkyl halides is 4. The highest BCUT2D eigenvalue weighted by molar-refractivity contribution is 6.29. The van der Waals surface area contributed by atoms with Gasteiger partial charge < -0.3 is 14.6 Å². The number of hydrogen-bond acceptors (Lipinski definition) is 3. The number of carbonyl (C=O) groups is 1. The summed E-state index contributed by atoms with van der Waals surface area (Å²) >= 11 is 5.49. The van der Waals surface area contributed by atoms with Crippen LogP contribution in [0.3, 0.4) is 0 Å². The Morgan fingerprint density at radius 1 is 1.45 bits per heavy atom. The Kier molecular flexibility index (Phi) is 4.28. The number of para-hydroxylation sites is 1. The van der Waals surface area contributed by atoms with Crippen molar-refractivity contribution in [2.45, 2.75) is 24.6 Å². The maximum absolute atomic E-state index is 13.2. The van der Waals surface area contributed by atoms with Crippen LogP contribution >= 0.6 is 11.6 Å². The van der Waals surface area contributed by atoms with E-state index in [0.29, 0.717) is 6.42 Å². The van der Waals surface area contributed by atoms with Crippen LogP contribution in [-0.2, 0) is 4.79 Å². The fraction of sp³-hybridized carbons (Fsp3) is 0.357. The molecule has 1 aromatic rings. The second kappa shape index (κ2) is 5.72. The van der Waals surface area contributed by atoms with Crippen LogP contribution in [0.5, 0.6) is 11.5 Å². The van der Waals surface area contributed by atoms with Gasteiger partial charge in [-0.2, -0.15) is 13.2 Å².